The summed E-state index contributed by atoms with van der Waals surface area (Å²) in [6, 6.07) is 0. The Hall–Kier alpha value is -4.68. The van der Waals surface area contributed by atoms with Gasteiger partial charge in [-0.2, -0.15) is 0 Å². The predicted octanol–water partition coefficient (Wildman–Crippen LogP) is 31.8. The lowest BCUT2D eigenvalue weighted by Crippen LogP contribution is -1.77. The van der Waals surface area contributed by atoms with Crippen LogP contribution in [0, 0.1) is 0 Å². The van der Waals surface area contributed by atoms with E-state index < -0.39 is 0 Å². The van der Waals surface area contributed by atoms with E-state index in [1.807, 2.05) is 164 Å². The van der Waals surface area contributed by atoms with E-state index in [2.05, 4.69) is 207 Å². The van der Waals surface area contributed by atoms with Gasteiger partial charge in [0.1, 0.15) is 0 Å². The third kappa shape index (κ3) is 149. The van der Waals surface area contributed by atoms with Gasteiger partial charge in [-0.15, -0.1) is 0 Å². The molecule has 0 saturated heterocycles. The number of hydrogen-bond donors (Lipinski definition) is 0. The summed E-state index contributed by atoms with van der Waals surface area (Å²) in [5.41, 5.74) is 0. The van der Waals surface area contributed by atoms with Gasteiger partial charge in [0.05, 0.1) is 0 Å². The molecule has 0 nitrogen and oxygen atoms in total. The van der Waals surface area contributed by atoms with E-state index in [4.69, 9.17) is 0 Å². The normalized spacial score (nSPS) is 15.2. The fourth-order valence-corrected chi connectivity index (χ4v) is 5.85. The largest absolute Gasteiger partial charge is 0.0885 e. The summed E-state index contributed by atoms with van der Waals surface area (Å²) in [5.74, 6) is 0. The molecule has 0 aromatic heterocycles. The Morgan fingerprint density at radius 1 is 0.106 bits per heavy atom. The maximum Gasteiger partial charge on any atom is -0.0163 e. The SMILES string of the molecule is C1=CC1.C1=CC=CCC=C1.C1=CCC1.C1=CCC=C1.C1=CCC=CC1.C1=CCCC1.C1=CCCC=C1.C1=CCCC=CC1.C1=CCCCC1.C1=CCCCC=C1.C1=CCCCCC1.CC.CC.CC.CC.CC.CC.CC.CC.CC.CC.CC. The summed E-state index contributed by atoms with van der Waals surface area (Å²) in [4.78, 5) is 0. The van der Waals surface area contributed by atoms with Crippen LogP contribution in [0.15, 0.2) is 219 Å². The molecule has 0 heteroatoms. The number of hydrogen-bond acceptors (Lipinski definition) is 0. The van der Waals surface area contributed by atoms with E-state index in [0.717, 1.165) is 32.1 Å². The van der Waals surface area contributed by atoms with Crippen LogP contribution in [0.2, 0.25) is 0 Å². The first-order chi connectivity index (χ1) is 42.5. The molecule has 0 amide bonds. The monoisotopic (exact) mass is 1180 g/mol. The minimum Gasteiger partial charge on any atom is -0.0885 e. The van der Waals surface area contributed by atoms with Crippen LogP contribution in [-0.4, -0.2) is 0 Å². The molecule has 11 rings (SSSR count). The Balaban J connectivity index is -0.0000000765. The van der Waals surface area contributed by atoms with E-state index in [-0.39, 0.29) is 0 Å². The van der Waals surface area contributed by atoms with E-state index in [1.54, 1.807) is 0 Å². The molecule has 0 aromatic rings. The maximum absolute atomic E-state index is 2.30. The molecule has 0 N–H and O–H groups in total. The molecular weight excluding hydrogens is 1020 g/mol. The Morgan fingerprint density at radius 2 is 0.247 bits per heavy atom. The molecule has 85 heavy (non-hydrogen) atoms. The molecule has 0 unspecified atom stereocenters. The van der Waals surface area contributed by atoms with Gasteiger partial charge < -0.3 is 0 Å². The molecule has 11 aliphatic carbocycles. The topological polar surface area (TPSA) is 0 Å². The molecule has 0 heterocycles. The van der Waals surface area contributed by atoms with Crippen molar-refractivity contribution in [1.29, 1.82) is 0 Å². The van der Waals surface area contributed by atoms with Crippen molar-refractivity contribution in [2.45, 2.75) is 326 Å². The van der Waals surface area contributed by atoms with Crippen LogP contribution < -0.4 is 0 Å². The molecular formula is C85H156. The molecule has 0 spiro atoms. The van der Waals surface area contributed by atoms with E-state index in [1.165, 1.54) is 141 Å². The first-order valence-electron chi connectivity index (χ1n) is 36.3. The highest BCUT2D eigenvalue weighted by atomic mass is 14.0. The second kappa shape index (κ2) is 143. The zero-order chi connectivity index (χ0) is 66.5. The second-order valence-electron chi connectivity index (χ2n) is 16.0. The molecule has 0 aromatic carbocycles. The zero-order valence-corrected chi connectivity index (χ0v) is 61.9. The van der Waals surface area contributed by atoms with Gasteiger partial charge in [-0.3, -0.25) is 0 Å². The van der Waals surface area contributed by atoms with Crippen molar-refractivity contribution >= 4 is 0 Å². The molecule has 0 radical (unpaired) electrons. The fourth-order valence-electron chi connectivity index (χ4n) is 5.85. The van der Waals surface area contributed by atoms with Crippen molar-refractivity contribution in [3.8, 4) is 0 Å². The van der Waals surface area contributed by atoms with E-state index >= 15 is 0 Å². The summed E-state index contributed by atoms with van der Waals surface area (Å²) in [6.07, 6.45) is 112. The highest BCUT2D eigenvalue weighted by molar-refractivity contribution is 5.16. The summed E-state index contributed by atoms with van der Waals surface area (Å²) in [7, 11) is 0. The van der Waals surface area contributed by atoms with Crippen LogP contribution in [-0.2, 0) is 0 Å². The molecule has 0 atom stereocenters. The third-order valence-electron chi connectivity index (χ3n) is 9.90. The van der Waals surface area contributed by atoms with Gasteiger partial charge in [0, 0.05) is 0 Å². The first kappa shape index (κ1) is 105. The van der Waals surface area contributed by atoms with Crippen LogP contribution in [0.3, 0.4) is 0 Å². The quantitative estimate of drug-likeness (QED) is 0.212. The Morgan fingerprint density at radius 3 is 0.482 bits per heavy atom. The minimum atomic E-state index is 1.08. The zero-order valence-electron chi connectivity index (χ0n) is 61.9. The smallest absolute Gasteiger partial charge is 0.0163 e. The van der Waals surface area contributed by atoms with Gasteiger partial charge in [-0.05, 0) is 167 Å². The summed E-state index contributed by atoms with van der Waals surface area (Å²) < 4.78 is 0. The van der Waals surface area contributed by atoms with Crippen molar-refractivity contribution in [2.24, 2.45) is 0 Å². The lowest BCUT2D eigenvalue weighted by atomic mass is 10.1. The minimum absolute atomic E-state index is 1.08. The molecule has 0 fully saturated rings. The van der Waals surface area contributed by atoms with Gasteiger partial charge in [-0.25, -0.2) is 0 Å². The fraction of sp³-hybridized carbons (Fsp3) is 0.576. The van der Waals surface area contributed by atoms with Crippen LogP contribution in [0.1, 0.15) is 326 Å². The highest BCUT2D eigenvalue weighted by Gasteiger charge is 1.89. The Bertz CT molecular complexity index is 1420. The summed E-state index contributed by atoms with van der Waals surface area (Å²) in [5, 5.41) is 0. The van der Waals surface area contributed by atoms with Crippen molar-refractivity contribution in [2.75, 3.05) is 0 Å². The van der Waals surface area contributed by atoms with E-state index in [0.29, 0.717) is 0 Å². The van der Waals surface area contributed by atoms with Crippen LogP contribution in [0.5, 0.6) is 0 Å². The van der Waals surface area contributed by atoms with Gasteiger partial charge >= 0.3 is 0 Å². The molecule has 496 valence electrons. The van der Waals surface area contributed by atoms with Crippen LogP contribution in [0.25, 0.3) is 0 Å². The second-order valence-corrected chi connectivity index (χ2v) is 16.0. The average Bonchev–Trinajstić information content (AvgIpc) is 4.46. The molecule has 0 bridgehead atoms. The third-order valence-corrected chi connectivity index (χ3v) is 9.90. The summed E-state index contributed by atoms with van der Waals surface area (Å²) >= 11 is 0. The lowest BCUT2D eigenvalue weighted by Gasteiger charge is -1.97. The standard InChI is InChI=1S/C7H12.2C7H10.C7H8.C6H10.2C6H8.C5H8.C5H6.C4H6.C3H4.11C2H6/c4*1-2-4-6-7-5-3-1;3*1-2-4-6-5-3-1;2*1-2-4-5-3-1;1-2-4-3-1;1-2-3-1;11*1-2/h1-2H,3-7H2;1-2,5,7H,3-4,6H2;1-4H,5-7H2;1-6H,7H2;1-2H,3-6H2;1-2,5-6H,3-4H2;1-4H,5-6H2;1-2H,3-5H2;1-4H,5H2;1-2H,3-4H2;1-2H,3H2;11*1-2H3. The molecule has 11 aliphatic rings. The van der Waals surface area contributed by atoms with Gasteiger partial charge in [0.25, 0.3) is 0 Å². The van der Waals surface area contributed by atoms with Crippen molar-refractivity contribution < 1.29 is 0 Å². The first-order valence-corrected chi connectivity index (χ1v) is 36.3. The molecule has 0 saturated carbocycles. The number of rotatable bonds is 0. The van der Waals surface area contributed by atoms with Gasteiger partial charge in [-0.1, -0.05) is 377 Å². The Kier molecular flexibility index (Phi) is 177. The van der Waals surface area contributed by atoms with Crippen molar-refractivity contribution in [1.82, 2.24) is 0 Å². The number of allylic oxidation sites excluding steroid dienone is 36. The summed E-state index contributed by atoms with van der Waals surface area (Å²) in [6.45, 7) is 44.0. The van der Waals surface area contributed by atoms with Crippen molar-refractivity contribution in [3.63, 3.8) is 0 Å². The maximum atomic E-state index is 2.30. The highest BCUT2D eigenvalue weighted by Crippen LogP contribution is 2.10. The van der Waals surface area contributed by atoms with E-state index in [9.17, 15) is 0 Å². The Labute approximate surface area is 541 Å². The van der Waals surface area contributed by atoms with Crippen molar-refractivity contribution in [3.05, 3.63) is 219 Å². The lowest BCUT2D eigenvalue weighted by molar-refractivity contribution is 0.718. The molecule has 0 aliphatic heterocycles. The van der Waals surface area contributed by atoms with Gasteiger partial charge in [0.15, 0.2) is 0 Å². The predicted molar refractivity (Wildman–Crippen MR) is 414 cm³/mol. The van der Waals surface area contributed by atoms with Crippen LogP contribution in [0.4, 0.5) is 0 Å². The van der Waals surface area contributed by atoms with Gasteiger partial charge in [0.2, 0.25) is 0 Å². The average molecular weight is 1180 g/mol. The van der Waals surface area contributed by atoms with Crippen LogP contribution >= 0.6 is 0 Å².